The molecule has 0 bridgehead atoms. The molecule has 2 atom stereocenters. The van der Waals surface area contributed by atoms with Gasteiger partial charge in [0.1, 0.15) is 11.4 Å². The van der Waals surface area contributed by atoms with Gasteiger partial charge in [-0.3, -0.25) is 14.5 Å². The molecule has 1 saturated carbocycles. The first kappa shape index (κ1) is 30.6. The Morgan fingerprint density at radius 3 is 2.40 bits per heavy atom. The van der Waals surface area contributed by atoms with E-state index < -0.39 is 46.3 Å². The molecule has 0 spiro atoms. The molecule has 1 saturated heterocycles. The van der Waals surface area contributed by atoms with E-state index in [4.69, 9.17) is 4.74 Å². The molecule has 5 rings (SSSR count). The summed E-state index contributed by atoms with van der Waals surface area (Å²) in [6.45, 7) is 7.11. The fourth-order valence-corrected chi connectivity index (χ4v) is 5.80. The van der Waals surface area contributed by atoms with Crippen LogP contribution in [0.15, 0.2) is 35.3 Å². The number of aromatic nitrogens is 1. The minimum absolute atomic E-state index is 0.0687. The van der Waals surface area contributed by atoms with Gasteiger partial charge in [-0.05, 0) is 64.8 Å². The van der Waals surface area contributed by atoms with Gasteiger partial charge in [0.05, 0.1) is 22.5 Å². The van der Waals surface area contributed by atoms with Crippen LogP contribution in [-0.2, 0) is 10.9 Å². The zero-order chi connectivity index (χ0) is 31.3. The lowest BCUT2D eigenvalue weighted by Gasteiger charge is -2.44. The van der Waals surface area contributed by atoms with Crippen LogP contribution in [0, 0.1) is 5.82 Å². The molecule has 2 fully saturated rings. The third-order valence-corrected chi connectivity index (χ3v) is 8.78. The molecule has 1 aromatic heterocycles. The normalized spacial score (nSPS) is 22.2. The average Bonchev–Trinajstić information content (AvgIpc) is 3.41. The van der Waals surface area contributed by atoms with E-state index in [0.29, 0.717) is 30.4 Å². The van der Waals surface area contributed by atoms with Crippen LogP contribution in [0.25, 0.3) is 5.57 Å². The number of nitrogens with zero attached hydrogens (tertiary/aromatic N) is 3. The minimum Gasteiger partial charge on any atom is -0.443 e. The zero-order valence-electron chi connectivity index (χ0n) is 24.5. The maximum absolute atomic E-state index is 15.8. The molecule has 2 aliphatic heterocycles. The second-order valence-electron chi connectivity index (χ2n) is 12.0. The topological polar surface area (TPSA) is 98.0 Å². The number of nitrogens with one attached hydrogen (secondary N) is 2. The van der Waals surface area contributed by atoms with E-state index in [9.17, 15) is 27.6 Å². The quantitative estimate of drug-likeness (QED) is 0.461. The second-order valence-corrected chi connectivity index (χ2v) is 12.0. The summed E-state index contributed by atoms with van der Waals surface area (Å²) in [5, 5.41) is 2.55. The highest BCUT2D eigenvalue weighted by Crippen LogP contribution is 2.38. The molecule has 3 heterocycles. The van der Waals surface area contributed by atoms with Crippen LogP contribution in [-0.4, -0.2) is 77.7 Å². The van der Waals surface area contributed by atoms with Gasteiger partial charge in [-0.2, -0.15) is 13.2 Å². The van der Waals surface area contributed by atoms with Crippen molar-refractivity contribution < 1.29 is 31.9 Å². The van der Waals surface area contributed by atoms with Crippen LogP contribution in [0.2, 0.25) is 0 Å². The van der Waals surface area contributed by atoms with Crippen molar-refractivity contribution in [2.75, 3.05) is 43.4 Å². The lowest BCUT2D eigenvalue weighted by Crippen LogP contribution is -2.55. The molecule has 1 aliphatic carbocycles. The van der Waals surface area contributed by atoms with E-state index in [2.05, 4.69) is 15.2 Å². The summed E-state index contributed by atoms with van der Waals surface area (Å²) in [7, 11) is 1.97. The molecule has 9 nitrogen and oxygen atoms in total. The maximum atomic E-state index is 15.8. The number of aromatic amines is 1. The number of rotatable bonds is 5. The largest absolute Gasteiger partial charge is 0.443 e. The number of hydrogen-bond donors (Lipinski definition) is 2. The van der Waals surface area contributed by atoms with Crippen molar-refractivity contribution in [3.8, 4) is 0 Å². The van der Waals surface area contributed by atoms with Crippen molar-refractivity contribution in [2.24, 2.45) is 0 Å². The van der Waals surface area contributed by atoms with Crippen molar-refractivity contribution in [2.45, 2.75) is 63.9 Å². The standard InChI is InChI=1S/C30H35F4N5O4/c1-17-14-39(15-18(2)37(17)4)25-12-23(31)20(19-6-9-38(16-19)28(42)43-29(3)7-5-8-29)10-24(25)36-27(41)21-13-35-26(40)11-22(21)30(32,33)34/h6,10-13,17-18H,5,7-9,14-16H2,1-4H3,(H,35,40)(H,36,41)/t17-,18?/m0/s1. The summed E-state index contributed by atoms with van der Waals surface area (Å²) in [6, 6.07) is 3.13. The Kier molecular flexibility index (Phi) is 8.05. The Morgan fingerprint density at radius 2 is 1.79 bits per heavy atom. The summed E-state index contributed by atoms with van der Waals surface area (Å²) in [4.78, 5) is 45.3. The van der Waals surface area contributed by atoms with Crippen LogP contribution in [0.1, 0.15) is 61.5 Å². The van der Waals surface area contributed by atoms with Crippen molar-refractivity contribution in [1.29, 1.82) is 0 Å². The van der Waals surface area contributed by atoms with Crippen LogP contribution in [0.3, 0.4) is 0 Å². The number of carbonyl (C=O) groups is 2. The highest BCUT2D eigenvalue weighted by atomic mass is 19.4. The number of benzene rings is 1. The van der Waals surface area contributed by atoms with Gasteiger partial charge in [0, 0.05) is 56.1 Å². The van der Waals surface area contributed by atoms with Gasteiger partial charge < -0.3 is 24.8 Å². The van der Waals surface area contributed by atoms with E-state index in [1.54, 1.807) is 6.08 Å². The maximum Gasteiger partial charge on any atom is 0.417 e. The number of alkyl halides is 3. The predicted molar refractivity (Wildman–Crippen MR) is 154 cm³/mol. The molecule has 232 valence electrons. The third kappa shape index (κ3) is 6.27. The number of pyridine rings is 1. The first-order valence-corrected chi connectivity index (χ1v) is 14.2. The first-order valence-electron chi connectivity index (χ1n) is 14.2. The SMILES string of the molecule is CC1CN(c2cc(F)c(C3=CCN(C(=O)OC4(C)CCC4)C3)cc2NC(=O)c2c[nH]c(=O)cc2C(F)(F)F)C[C@H](C)N1C. The number of anilines is 2. The summed E-state index contributed by atoms with van der Waals surface area (Å²) >= 11 is 0. The number of amides is 2. The molecular weight excluding hydrogens is 570 g/mol. The number of ether oxygens (including phenoxy) is 1. The highest BCUT2D eigenvalue weighted by Gasteiger charge is 2.39. The van der Waals surface area contributed by atoms with Gasteiger partial charge >= 0.3 is 12.3 Å². The van der Waals surface area contributed by atoms with Crippen molar-refractivity contribution in [1.82, 2.24) is 14.8 Å². The molecule has 43 heavy (non-hydrogen) atoms. The number of hydrogen-bond acceptors (Lipinski definition) is 6. The van der Waals surface area contributed by atoms with E-state index in [1.807, 2.05) is 32.7 Å². The number of H-pyrrole nitrogens is 1. The summed E-state index contributed by atoms with van der Waals surface area (Å²) in [6.07, 6.45) is -0.510. The number of halogens is 4. The molecule has 2 N–H and O–H groups in total. The Labute approximate surface area is 246 Å². The monoisotopic (exact) mass is 605 g/mol. The fourth-order valence-electron chi connectivity index (χ4n) is 5.80. The highest BCUT2D eigenvalue weighted by molar-refractivity contribution is 6.07. The molecule has 3 aliphatic rings. The van der Waals surface area contributed by atoms with E-state index in [-0.39, 0.29) is 36.4 Å². The van der Waals surface area contributed by atoms with Gasteiger partial charge in [0.2, 0.25) is 5.56 Å². The Balaban J connectivity index is 1.48. The predicted octanol–water partition coefficient (Wildman–Crippen LogP) is 5.09. The summed E-state index contributed by atoms with van der Waals surface area (Å²) < 4.78 is 62.6. The van der Waals surface area contributed by atoms with Crippen LogP contribution in [0.4, 0.5) is 33.7 Å². The molecular formula is C30H35F4N5O4. The molecule has 0 radical (unpaired) electrons. The minimum atomic E-state index is -4.96. The molecule has 13 heteroatoms. The van der Waals surface area contributed by atoms with Gasteiger partial charge in [-0.15, -0.1) is 0 Å². The third-order valence-electron chi connectivity index (χ3n) is 8.78. The number of likely N-dealkylation sites (N-methyl/N-ethyl adjacent to an activating group) is 1. The van der Waals surface area contributed by atoms with Crippen LogP contribution in [0.5, 0.6) is 0 Å². The van der Waals surface area contributed by atoms with Crippen LogP contribution < -0.4 is 15.8 Å². The summed E-state index contributed by atoms with van der Waals surface area (Å²) in [5.74, 6) is -1.71. The lowest BCUT2D eigenvalue weighted by molar-refractivity contribution is -0.138. The molecule has 2 amide bonds. The van der Waals surface area contributed by atoms with Gasteiger partial charge in [0.15, 0.2) is 0 Å². The number of carbonyl (C=O) groups excluding carboxylic acids is 2. The van der Waals surface area contributed by atoms with E-state index in [0.717, 1.165) is 25.5 Å². The second kappa shape index (κ2) is 11.3. The smallest absolute Gasteiger partial charge is 0.417 e. The average molecular weight is 606 g/mol. The van der Waals surface area contributed by atoms with Crippen molar-refractivity contribution >= 4 is 28.9 Å². The molecule has 1 aromatic carbocycles. The fraction of sp³-hybridized carbons (Fsp3) is 0.500. The van der Waals surface area contributed by atoms with Crippen LogP contribution >= 0.6 is 0 Å². The lowest BCUT2D eigenvalue weighted by atomic mass is 9.82. The van der Waals surface area contributed by atoms with Gasteiger partial charge in [0.25, 0.3) is 5.91 Å². The van der Waals surface area contributed by atoms with Crippen molar-refractivity contribution in [3.05, 3.63) is 63.3 Å². The summed E-state index contributed by atoms with van der Waals surface area (Å²) in [5.41, 5.74) is -2.66. The first-order chi connectivity index (χ1) is 20.1. The van der Waals surface area contributed by atoms with Gasteiger partial charge in [-0.25, -0.2) is 9.18 Å². The Bertz CT molecular complexity index is 1500. The molecule has 1 unspecified atom stereocenters. The Morgan fingerprint density at radius 1 is 1.12 bits per heavy atom. The zero-order valence-corrected chi connectivity index (χ0v) is 24.5. The van der Waals surface area contributed by atoms with Crippen molar-refractivity contribution in [3.63, 3.8) is 0 Å². The van der Waals surface area contributed by atoms with E-state index in [1.165, 1.54) is 17.0 Å². The molecule has 2 aromatic rings. The van der Waals surface area contributed by atoms with Gasteiger partial charge in [-0.1, -0.05) is 6.08 Å². The number of piperazine rings is 1. The van der Waals surface area contributed by atoms with E-state index >= 15 is 4.39 Å². The Hall–Kier alpha value is -3.87.